The molecule has 122 heavy (non-hydrogen) atoms. The topological polar surface area (TPSA) is 717 Å². The molecule has 0 saturated carbocycles. The lowest BCUT2D eigenvalue weighted by Gasteiger charge is -2.31. The Hall–Kier alpha value is -11.7. The van der Waals surface area contributed by atoms with Gasteiger partial charge >= 0.3 is 5.97 Å². The van der Waals surface area contributed by atoms with Crippen molar-refractivity contribution in [2.45, 2.75) is 257 Å². The molecular formula is C78H130N24O20. The van der Waals surface area contributed by atoms with Crippen LogP contribution in [0.3, 0.4) is 0 Å². The lowest BCUT2D eigenvalue weighted by Crippen LogP contribution is -2.61. The van der Waals surface area contributed by atoms with Crippen molar-refractivity contribution in [2.24, 2.45) is 52.3 Å². The fourth-order valence-corrected chi connectivity index (χ4v) is 12.8. The molecule has 0 spiro atoms. The minimum atomic E-state index is -1.67. The van der Waals surface area contributed by atoms with E-state index in [1.807, 2.05) is 0 Å². The molecule has 3 rings (SSSR count). The fourth-order valence-electron chi connectivity index (χ4n) is 12.8. The van der Waals surface area contributed by atoms with E-state index in [9.17, 15) is 96.8 Å². The molecule has 1 saturated heterocycles. The average molecular weight is 1720 g/mol. The number of aliphatic hydroxyl groups excluding tert-OH is 1. The van der Waals surface area contributed by atoms with Gasteiger partial charge in [-0.05, 0) is 133 Å². The van der Waals surface area contributed by atoms with Crippen LogP contribution in [0.1, 0.15) is 170 Å². The van der Waals surface area contributed by atoms with Gasteiger partial charge in [0, 0.05) is 38.5 Å². The molecule has 16 amide bonds. The summed E-state index contributed by atoms with van der Waals surface area (Å²) >= 11 is 0. The third kappa shape index (κ3) is 36.7. The summed E-state index contributed by atoms with van der Waals surface area (Å²) in [7, 11) is 0. The number of benzene rings is 1. The summed E-state index contributed by atoms with van der Waals surface area (Å²) in [5, 5.41) is 75.9. The third-order valence-electron chi connectivity index (χ3n) is 20.5. The van der Waals surface area contributed by atoms with Crippen molar-refractivity contribution in [3.63, 3.8) is 0 Å². The zero-order valence-electron chi connectivity index (χ0n) is 71.2. The second-order valence-corrected chi connectivity index (χ2v) is 31.1. The summed E-state index contributed by atoms with van der Waals surface area (Å²) in [6, 6.07) is -11.8. The molecule has 0 radical (unpaired) electrons. The van der Waals surface area contributed by atoms with Crippen LogP contribution < -0.4 is 108 Å². The number of aromatic amines is 1. The van der Waals surface area contributed by atoms with Crippen molar-refractivity contribution in [1.82, 2.24) is 94.6 Å². The lowest BCUT2D eigenvalue weighted by molar-refractivity contribution is -0.150. The molecule has 1 fully saturated rings. The number of likely N-dealkylation sites (tertiary alicyclic amines) is 1. The van der Waals surface area contributed by atoms with E-state index in [-0.39, 0.29) is 76.8 Å². The van der Waals surface area contributed by atoms with Gasteiger partial charge < -0.3 is 134 Å². The SMILES string of the molecule is CC[C@H](C)[C@H](NC(=O)[C@H](Cc1c[nH]cn1)NC(=O)CNC(=O)[C@H](C)NC(=O)[C@H](Cc1ccc(O)cc1)NC(=O)[C@@H](N)CCCCN)C(=O)N[C@H](C(=O)N[C@H](C(=O)NCC(=O)N[C@@H](CCCNC(=N)N)C(=O)N[C@H](C(=O)N[C@@H](CCCCN)C(=O)NCC(=O)N[C@@H](CCC(N)=O)C(=O)N[C@H](C(=O)N1CCC[C@H]1C(=O)O)[C@@H](C)O)C(C)C)[C@@H](C)CC)C(C)C. The number of aromatic nitrogens is 2. The normalized spacial score (nSPS) is 16.1. The van der Waals surface area contributed by atoms with Gasteiger partial charge in [0.15, 0.2) is 5.96 Å². The Morgan fingerprint density at radius 1 is 0.508 bits per heavy atom. The average Bonchev–Trinajstić information content (AvgIpc) is 1.57. The Balaban J connectivity index is 1.77. The molecule has 44 heteroatoms. The number of amides is 16. The van der Waals surface area contributed by atoms with Crippen molar-refractivity contribution in [1.29, 1.82) is 5.41 Å². The van der Waals surface area contributed by atoms with E-state index >= 15 is 0 Å². The van der Waals surface area contributed by atoms with Crippen LogP contribution in [0, 0.1) is 29.1 Å². The van der Waals surface area contributed by atoms with Gasteiger partial charge in [-0.3, -0.25) is 82.1 Å². The highest BCUT2D eigenvalue weighted by molar-refractivity contribution is 6.00. The number of aliphatic carboxylic acids is 1. The number of carbonyl (C=O) groups is 17. The number of hydrogen-bond acceptors (Lipinski definition) is 24. The highest BCUT2D eigenvalue weighted by Crippen LogP contribution is 2.21. The van der Waals surface area contributed by atoms with Gasteiger partial charge in [0.05, 0.1) is 43.8 Å². The van der Waals surface area contributed by atoms with Crippen LogP contribution in [0.25, 0.3) is 0 Å². The second-order valence-electron chi connectivity index (χ2n) is 31.1. The number of hydrogen-bond donors (Lipinski definition) is 25. The molecule has 0 unspecified atom stereocenters. The lowest BCUT2D eigenvalue weighted by atomic mass is 9.94. The number of phenolic OH excluding ortho intramolecular Hbond substituents is 1. The molecule has 1 aliphatic rings. The Morgan fingerprint density at radius 3 is 1.47 bits per heavy atom. The van der Waals surface area contributed by atoms with E-state index in [1.54, 1.807) is 67.5 Å². The van der Waals surface area contributed by atoms with Crippen LogP contribution in [0.15, 0.2) is 36.8 Å². The van der Waals surface area contributed by atoms with Crippen LogP contribution in [0.2, 0.25) is 0 Å². The standard InChI is InChI=1S/C78H130N24O20/c1-11-42(7)62(100-74(118)61(41(5)6)98-75(119)63(43(8)12-2)99-71(115)54(34-47-35-85-39-90-47)94-59(108)36-87-65(109)44(9)91-70(114)53(33-46-23-25-48(104)26-24-46)96-66(110)49(81)19-13-15-29-79)72(116)89-38-58(107)92-51(21-17-31-86-78(83)84)68(112)97-60(40(3)4)73(117)95-50(20-14-16-30-80)67(111)88-37-57(106)93-52(27-28-56(82)105)69(113)101-64(45(10)103)76(120)102-32-18-22-55(102)77(121)122/h23-26,35,39-45,49-55,60-64,103-104H,11-22,27-34,36-38,79-81H2,1-10H3,(H2,82,105)(H,85,90)(H,87,109)(H,88,111)(H,89,116)(H,91,114)(H,92,107)(H,93,106)(H,94,108)(H,95,117)(H,96,110)(H,97,112)(H,98,119)(H,99,115)(H,100,118)(H,101,113)(H,121,122)(H4,83,84,86)/t42-,43-,44-,45+,49-,50-,51-,52-,53-,54-,55-,60-,61-,62-,63-,64-/m0/s1. The van der Waals surface area contributed by atoms with E-state index in [1.165, 1.54) is 38.5 Å². The molecular weight excluding hydrogens is 1590 g/mol. The van der Waals surface area contributed by atoms with Gasteiger partial charge in [-0.1, -0.05) is 86.8 Å². The van der Waals surface area contributed by atoms with Gasteiger partial charge in [-0.15, -0.1) is 0 Å². The molecule has 1 aromatic carbocycles. The Morgan fingerprint density at radius 2 is 0.951 bits per heavy atom. The summed E-state index contributed by atoms with van der Waals surface area (Å²) in [5.74, 6) is -18.3. The zero-order chi connectivity index (χ0) is 91.6. The number of carboxylic acid groups (broad SMARTS) is 1. The van der Waals surface area contributed by atoms with Crippen molar-refractivity contribution in [2.75, 3.05) is 45.8 Å². The highest BCUT2D eigenvalue weighted by Gasteiger charge is 2.42. The summed E-state index contributed by atoms with van der Waals surface area (Å²) < 4.78 is 0. The molecule has 30 N–H and O–H groups in total. The Kier molecular flexibility index (Phi) is 46.1. The van der Waals surface area contributed by atoms with Gasteiger partial charge in [-0.2, -0.15) is 0 Å². The maximum atomic E-state index is 14.5. The van der Waals surface area contributed by atoms with E-state index < -0.39 is 247 Å². The third-order valence-corrected chi connectivity index (χ3v) is 20.5. The summed E-state index contributed by atoms with van der Waals surface area (Å²) in [6.07, 6.45) is 3.18. The molecule has 1 aliphatic heterocycles. The van der Waals surface area contributed by atoms with Gasteiger partial charge in [0.1, 0.15) is 78.3 Å². The van der Waals surface area contributed by atoms with Crippen molar-refractivity contribution in [3.8, 4) is 5.75 Å². The maximum absolute atomic E-state index is 14.5. The van der Waals surface area contributed by atoms with Crippen molar-refractivity contribution >= 4 is 106 Å². The molecule has 682 valence electrons. The number of rotatable bonds is 56. The summed E-state index contributed by atoms with van der Waals surface area (Å²) in [5.41, 5.74) is 29.2. The summed E-state index contributed by atoms with van der Waals surface area (Å²) in [4.78, 5) is 240. The second kappa shape index (κ2) is 53.9. The number of nitrogens with two attached hydrogens (primary N) is 5. The predicted molar refractivity (Wildman–Crippen MR) is 444 cm³/mol. The van der Waals surface area contributed by atoms with Crippen LogP contribution in [0.4, 0.5) is 0 Å². The first-order valence-corrected chi connectivity index (χ1v) is 41.2. The molecule has 0 aliphatic carbocycles. The van der Waals surface area contributed by atoms with E-state index in [2.05, 4.69) is 89.7 Å². The molecule has 16 atom stereocenters. The number of primary amides is 1. The van der Waals surface area contributed by atoms with Crippen LogP contribution >= 0.6 is 0 Å². The van der Waals surface area contributed by atoms with E-state index in [0.717, 1.165) is 4.90 Å². The maximum Gasteiger partial charge on any atom is 0.326 e. The quantitative estimate of drug-likeness (QED) is 0.0166. The smallest absolute Gasteiger partial charge is 0.326 e. The van der Waals surface area contributed by atoms with Gasteiger partial charge in [0.2, 0.25) is 94.5 Å². The first kappa shape index (κ1) is 105. The van der Waals surface area contributed by atoms with E-state index in [4.69, 9.17) is 34.1 Å². The molecule has 1 aromatic heterocycles. The minimum absolute atomic E-state index is 0.0241. The number of unbranched alkanes of at least 4 members (excludes halogenated alkanes) is 2. The van der Waals surface area contributed by atoms with E-state index in [0.29, 0.717) is 56.3 Å². The number of nitrogens with zero attached hydrogens (tertiary/aromatic N) is 2. The zero-order valence-corrected chi connectivity index (χ0v) is 71.2. The number of phenols is 1. The molecule has 0 bridgehead atoms. The fraction of sp³-hybridized carbons (Fsp3) is 0.654. The number of carboxylic acids is 1. The number of aliphatic hydroxyl groups is 1. The highest BCUT2D eigenvalue weighted by atomic mass is 16.4. The van der Waals surface area contributed by atoms with Crippen LogP contribution in [-0.2, 0) is 94.3 Å². The largest absolute Gasteiger partial charge is 0.508 e. The number of imidazole rings is 1. The number of carbonyl (C=O) groups excluding carboxylic acids is 16. The van der Waals surface area contributed by atoms with Crippen LogP contribution in [0.5, 0.6) is 5.75 Å². The number of nitrogens with one attached hydrogen (secondary N) is 17. The predicted octanol–water partition coefficient (Wildman–Crippen LogP) is -6.42. The minimum Gasteiger partial charge on any atom is -0.508 e. The first-order valence-electron chi connectivity index (χ1n) is 41.2. The molecule has 2 heterocycles. The Labute approximate surface area is 709 Å². The van der Waals surface area contributed by atoms with Crippen molar-refractivity contribution in [3.05, 3.63) is 48.0 Å². The molecule has 2 aromatic rings. The van der Waals surface area contributed by atoms with Crippen LogP contribution in [-0.4, -0.2) is 267 Å². The van der Waals surface area contributed by atoms with Crippen molar-refractivity contribution < 1.29 is 96.8 Å². The Bertz CT molecular complexity index is 3830. The van der Waals surface area contributed by atoms with Gasteiger partial charge in [-0.25, -0.2) is 9.78 Å². The molecule has 44 nitrogen and oxygen atoms in total. The monoisotopic (exact) mass is 1720 g/mol. The number of H-pyrrole nitrogens is 1. The first-order chi connectivity index (χ1) is 57.6. The number of aromatic hydroxyl groups is 1. The van der Waals surface area contributed by atoms with Gasteiger partial charge in [0.25, 0.3) is 0 Å². The summed E-state index contributed by atoms with van der Waals surface area (Å²) in [6.45, 7) is 14.0. The number of guanidine groups is 1.